The second-order valence-electron chi connectivity index (χ2n) is 5.76. The van der Waals surface area contributed by atoms with Gasteiger partial charge in [0.2, 0.25) is 5.95 Å². The number of rotatable bonds is 6. The van der Waals surface area contributed by atoms with Crippen LogP contribution in [0.1, 0.15) is 5.69 Å². The Morgan fingerprint density at radius 3 is 2.29 bits per heavy atom. The van der Waals surface area contributed by atoms with Crippen molar-refractivity contribution in [2.45, 2.75) is 6.92 Å². The number of methoxy groups -OCH3 is 2. The van der Waals surface area contributed by atoms with Gasteiger partial charge >= 0.3 is 0 Å². The van der Waals surface area contributed by atoms with E-state index in [-0.39, 0.29) is 11.6 Å². The molecule has 0 fully saturated rings. The van der Waals surface area contributed by atoms with Gasteiger partial charge in [-0.1, -0.05) is 0 Å². The van der Waals surface area contributed by atoms with Crippen molar-refractivity contribution in [1.82, 2.24) is 9.97 Å². The molecule has 2 N–H and O–H groups in total. The maximum absolute atomic E-state index is 13.9. The molecule has 0 aliphatic heterocycles. The zero-order chi connectivity index (χ0) is 20.3. The van der Waals surface area contributed by atoms with Gasteiger partial charge in [-0.15, -0.1) is 0 Å². The van der Waals surface area contributed by atoms with E-state index in [0.29, 0.717) is 28.7 Å². The van der Waals surface area contributed by atoms with Gasteiger partial charge in [0.05, 0.1) is 19.9 Å². The molecule has 3 aromatic rings. The first-order chi connectivity index (χ1) is 13.4. The number of anilines is 4. The highest BCUT2D eigenvalue weighted by Crippen LogP contribution is 2.31. The summed E-state index contributed by atoms with van der Waals surface area (Å²) < 4.78 is 50.8. The number of ether oxygens (including phenoxy) is 2. The molecule has 1 heterocycles. The standard InChI is InChI=1S/C19H17F3N4O2/c1-10-8-16(24-11-4-7-14(27-2)15(9-11)28-3)26-19(23-10)25-13-6-5-12(20)17(21)18(13)22/h4-9H,1-3H3,(H2,23,24,25,26). The fourth-order valence-corrected chi connectivity index (χ4v) is 2.49. The summed E-state index contributed by atoms with van der Waals surface area (Å²) in [6, 6.07) is 8.77. The van der Waals surface area contributed by atoms with E-state index >= 15 is 0 Å². The molecule has 0 amide bonds. The Morgan fingerprint density at radius 1 is 0.821 bits per heavy atom. The van der Waals surface area contributed by atoms with E-state index in [1.54, 1.807) is 31.2 Å². The fraction of sp³-hybridized carbons (Fsp3) is 0.158. The normalized spacial score (nSPS) is 10.5. The number of nitrogens with one attached hydrogen (secondary N) is 2. The van der Waals surface area contributed by atoms with Gasteiger partial charge in [-0.2, -0.15) is 4.98 Å². The van der Waals surface area contributed by atoms with Crippen LogP contribution < -0.4 is 20.1 Å². The molecule has 0 saturated heterocycles. The van der Waals surface area contributed by atoms with E-state index in [1.165, 1.54) is 14.2 Å². The van der Waals surface area contributed by atoms with Crippen molar-refractivity contribution in [3.05, 3.63) is 59.5 Å². The van der Waals surface area contributed by atoms with Crippen LogP contribution in [0.25, 0.3) is 0 Å². The molecule has 146 valence electrons. The Kier molecular flexibility index (Phi) is 5.53. The molecule has 0 aliphatic rings. The second-order valence-corrected chi connectivity index (χ2v) is 5.76. The van der Waals surface area contributed by atoms with Gasteiger partial charge in [-0.25, -0.2) is 18.2 Å². The Morgan fingerprint density at radius 2 is 1.57 bits per heavy atom. The third kappa shape index (κ3) is 4.08. The average Bonchev–Trinajstić information content (AvgIpc) is 2.68. The summed E-state index contributed by atoms with van der Waals surface area (Å²) in [7, 11) is 3.06. The number of aryl methyl sites for hydroxylation is 1. The van der Waals surface area contributed by atoms with Gasteiger partial charge in [0.25, 0.3) is 0 Å². The highest BCUT2D eigenvalue weighted by Gasteiger charge is 2.15. The van der Waals surface area contributed by atoms with Crippen LogP contribution in [-0.2, 0) is 0 Å². The highest BCUT2D eigenvalue weighted by molar-refractivity contribution is 5.63. The van der Waals surface area contributed by atoms with Gasteiger partial charge in [0.1, 0.15) is 5.82 Å². The summed E-state index contributed by atoms with van der Waals surface area (Å²) in [4.78, 5) is 8.36. The fourth-order valence-electron chi connectivity index (χ4n) is 2.49. The van der Waals surface area contributed by atoms with Crippen molar-refractivity contribution in [2.24, 2.45) is 0 Å². The van der Waals surface area contributed by atoms with E-state index in [9.17, 15) is 13.2 Å². The molecule has 0 atom stereocenters. The molecule has 0 aliphatic carbocycles. The molecule has 0 spiro atoms. The number of hydrogen-bond acceptors (Lipinski definition) is 6. The first-order valence-corrected chi connectivity index (χ1v) is 8.16. The van der Waals surface area contributed by atoms with Gasteiger partial charge in [-0.3, -0.25) is 0 Å². The number of halogens is 3. The molecular formula is C19H17F3N4O2. The molecule has 2 aromatic carbocycles. The molecule has 0 radical (unpaired) electrons. The minimum atomic E-state index is -1.57. The lowest BCUT2D eigenvalue weighted by Gasteiger charge is -2.13. The molecule has 6 nitrogen and oxygen atoms in total. The van der Waals surface area contributed by atoms with Crippen molar-refractivity contribution >= 4 is 23.1 Å². The average molecular weight is 390 g/mol. The Labute approximate surface area is 159 Å². The van der Waals surface area contributed by atoms with Crippen molar-refractivity contribution < 1.29 is 22.6 Å². The van der Waals surface area contributed by atoms with Gasteiger partial charge in [0, 0.05) is 23.5 Å². The summed E-state index contributed by atoms with van der Waals surface area (Å²) in [5.41, 5.74) is 0.964. The molecule has 9 heteroatoms. The monoisotopic (exact) mass is 390 g/mol. The quantitative estimate of drug-likeness (QED) is 0.595. The minimum Gasteiger partial charge on any atom is -0.493 e. The van der Waals surface area contributed by atoms with Crippen LogP contribution in [0.2, 0.25) is 0 Å². The predicted octanol–water partition coefficient (Wildman–Crippen LogP) is 4.71. The van der Waals surface area contributed by atoms with Gasteiger partial charge < -0.3 is 20.1 Å². The molecule has 28 heavy (non-hydrogen) atoms. The molecular weight excluding hydrogens is 373 g/mol. The van der Waals surface area contributed by atoms with E-state index in [0.717, 1.165) is 12.1 Å². The lowest BCUT2D eigenvalue weighted by molar-refractivity contribution is 0.355. The summed E-state index contributed by atoms with van der Waals surface area (Å²) in [6.45, 7) is 1.72. The summed E-state index contributed by atoms with van der Waals surface area (Å²) in [5, 5.41) is 5.64. The molecule has 3 rings (SSSR count). The summed E-state index contributed by atoms with van der Waals surface area (Å²) in [5.74, 6) is -2.66. The zero-order valence-electron chi connectivity index (χ0n) is 15.3. The largest absolute Gasteiger partial charge is 0.493 e. The number of benzene rings is 2. The third-order valence-corrected chi connectivity index (χ3v) is 3.79. The van der Waals surface area contributed by atoms with E-state index in [1.807, 2.05) is 0 Å². The van der Waals surface area contributed by atoms with Gasteiger partial charge in [0.15, 0.2) is 29.0 Å². The topological polar surface area (TPSA) is 68.3 Å². The summed E-state index contributed by atoms with van der Waals surface area (Å²) in [6.07, 6.45) is 0. The summed E-state index contributed by atoms with van der Waals surface area (Å²) >= 11 is 0. The molecule has 0 bridgehead atoms. The van der Waals surface area contributed by atoms with E-state index in [2.05, 4.69) is 20.6 Å². The molecule has 1 aromatic heterocycles. The first-order valence-electron chi connectivity index (χ1n) is 8.16. The van der Waals surface area contributed by atoms with Crippen LogP contribution in [0.4, 0.5) is 36.3 Å². The first kappa shape index (κ1) is 19.3. The van der Waals surface area contributed by atoms with Crippen molar-refractivity contribution in [2.75, 3.05) is 24.9 Å². The Hall–Kier alpha value is -3.49. The van der Waals surface area contributed by atoms with Gasteiger partial charge in [-0.05, 0) is 31.2 Å². The third-order valence-electron chi connectivity index (χ3n) is 3.79. The zero-order valence-corrected chi connectivity index (χ0v) is 15.3. The number of aromatic nitrogens is 2. The van der Waals surface area contributed by atoms with Crippen LogP contribution in [0.15, 0.2) is 36.4 Å². The SMILES string of the molecule is COc1ccc(Nc2cc(C)nc(Nc3ccc(F)c(F)c3F)n2)cc1OC. The second kappa shape index (κ2) is 8.03. The maximum Gasteiger partial charge on any atom is 0.229 e. The van der Waals surface area contributed by atoms with Crippen LogP contribution in [0.3, 0.4) is 0 Å². The Balaban J connectivity index is 1.87. The van der Waals surface area contributed by atoms with Crippen molar-refractivity contribution in [1.29, 1.82) is 0 Å². The lowest BCUT2D eigenvalue weighted by atomic mass is 10.2. The molecule has 0 saturated carbocycles. The number of nitrogens with zero attached hydrogens (tertiary/aromatic N) is 2. The maximum atomic E-state index is 13.9. The van der Waals surface area contributed by atoms with Crippen LogP contribution in [0, 0.1) is 24.4 Å². The van der Waals surface area contributed by atoms with Crippen LogP contribution in [-0.4, -0.2) is 24.2 Å². The molecule has 0 unspecified atom stereocenters. The van der Waals surface area contributed by atoms with Crippen LogP contribution in [0.5, 0.6) is 11.5 Å². The van der Waals surface area contributed by atoms with Crippen LogP contribution >= 0.6 is 0 Å². The van der Waals surface area contributed by atoms with Crippen molar-refractivity contribution in [3.8, 4) is 11.5 Å². The van der Waals surface area contributed by atoms with E-state index in [4.69, 9.17) is 9.47 Å². The van der Waals surface area contributed by atoms with Crippen molar-refractivity contribution in [3.63, 3.8) is 0 Å². The highest BCUT2D eigenvalue weighted by atomic mass is 19.2. The predicted molar refractivity (Wildman–Crippen MR) is 99.2 cm³/mol. The Bertz CT molecular complexity index is 1010. The minimum absolute atomic E-state index is 0.0212. The number of hydrogen-bond donors (Lipinski definition) is 2. The van der Waals surface area contributed by atoms with E-state index < -0.39 is 17.5 Å². The lowest BCUT2D eigenvalue weighted by Crippen LogP contribution is -2.05. The smallest absolute Gasteiger partial charge is 0.229 e.